The fraction of sp³-hybridized carbons (Fsp3) is 0.174. The van der Waals surface area contributed by atoms with Crippen LogP contribution in [0.1, 0.15) is 12.5 Å². The van der Waals surface area contributed by atoms with E-state index in [0.29, 0.717) is 16.7 Å². The van der Waals surface area contributed by atoms with Gasteiger partial charge in [-0.25, -0.2) is 0 Å². The number of para-hydroxylation sites is 2. The number of hydrogen-bond donors (Lipinski definition) is 0. The standard InChI is InChI=1S/C23H20N4O2S/c1-16-14-17-8-5-6-11-19(17)26(16)21(28)15-30-23-25-24-22(20-12-7-13-29-20)27(23)18-9-3-2-4-10-18/h2-13,16H,14-15H2,1H3/t16-/m0/s1. The van der Waals surface area contributed by atoms with Gasteiger partial charge in [0.25, 0.3) is 0 Å². The Balaban J connectivity index is 1.43. The van der Waals surface area contributed by atoms with Crippen molar-refractivity contribution in [3.8, 4) is 17.3 Å². The maximum absolute atomic E-state index is 13.1. The zero-order chi connectivity index (χ0) is 20.5. The lowest BCUT2D eigenvalue weighted by atomic mass is 10.1. The summed E-state index contributed by atoms with van der Waals surface area (Å²) in [5, 5.41) is 9.34. The van der Waals surface area contributed by atoms with E-state index in [1.54, 1.807) is 6.26 Å². The normalized spacial score (nSPS) is 15.4. The van der Waals surface area contributed by atoms with Crippen LogP contribution in [0.2, 0.25) is 0 Å². The van der Waals surface area contributed by atoms with Crippen LogP contribution >= 0.6 is 11.8 Å². The molecule has 1 amide bonds. The monoisotopic (exact) mass is 416 g/mol. The highest BCUT2D eigenvalue weighted by molar-refractivity contribution is 7.99. The molecule has 1 aliphatic rings. The van der Waals surface area contributed by atoms with Gasteiger partial charge in [-0.15, -0.1) is 10.2 Å². The summed E-state index contributed by atoms with van der Waals surface area (Å²) in [5.74, 6) is 1.59. The van der Waals surface area contributed by atoms with Crippen molar-refractivity contribution in [3.05, 3.63) is 78.6 Å². The van der Waals surface area contributed by atoms with Gasteiger partial charge in [0.1, 0.15) is 0 Å². The molecule has 3 heterocycles. The summed E-state index contributed by atoms with van der Waals surface area (Å²) in [5.41, 5.74) is 3.15. The van der Waals surface area contributed by atoms with E-state index in [2.05, 4.69) is 23.2 Å². The number of carbonyl (C=O) groups is 1. The lowest BCUT2D eigenvalue weighted by Gasteiger charge is -2.22. The molecular formula is C23H20N4O2S. The molecule has 0 radical (unpaired) electrons. The van der Waals surface area contributed by atoms with Gasteiger partial charge < -0.3 is 9.32 Å². The van der Waals surface area contributed by atoms with E-state index in [1.165, 1.54) is 17.3 Å². The lowest BCUT2D eigenvalue weighted by molar-refractivity contribution is -0.116. The largest absolute Gasteiger partial charge is 0.461 e. The molecule has 0 saturated carbocycles. The van der Waals surface area contributed by atoms with E-state index < -0.39 is 0 Å². The third kappa shape index (κ3) is 3.31. The summed E-state index contributed by atoms with van der Waals surface area (Å²) in [6, 6.07) is 21.8. The summed E-state index contributed by atoms with van der Waals surface area (Å²) >= 11 is 1.39. The van der Waals surface area contributed by atoms with E-state index in [4.69, 9.17) is 4.42 Å². The molecule has 2 aromatic heterocycles. The summed E-state index contributed by atoms with van der Waals surface area (Å²) in [6.07, 6.45) is 2.50. The Morgan fingerprint density at radius 1 is 1.07 bits per heavy atom. The van der Waals surface area contributed by atoms with E-state index in [0.717, 1.165) is 17.8 Å². The minimum atomic E-state index is 0.0691. The molecule has 0 N–H and O–H groups in total. The lowest BCUT2D eigenvalue weighted by Crippen LogP contribution is -2.37. The van der Waals surface area contributed by atoms with Gasteiger partial charge in [-0.3, -0.25) is 9.36 Å². The van der Waals surface area contributed by atoms with Crippen molar-refractivity contribution in [2.75, 3.05) is 10.7 Å². The number of benzene rings is 2. The van der Waals surface area contributed by atoms with Crippen LogP contribution in [0.4, 0.5) is 5.69 Å². The zero-order valence-corrected chi connectivity index (χ0v) is 17.2. The highest BCUT2D eigenvalue weighted by Crippen LogP contribution is 2.33. The number of amides is 1. The van der Waals surface area contributed by atoms with Crippen LogP contribution in [0.3, 0.4) is 0 Å². The number of rotatable bonds is 5. The van der Waals surface area contributed by atoms with Crippen molar-refractivity contribution in [2.45, 2.75) is 24.5 Å². The number of carbonyl (C=O) groups excluding carboxylic acids is 1. The molecule has 4 aromatic rings. The maximum atomic E-state index is 13.1. The second kappa shape index (κ2) is 7.84. The first-order chi connectivity index (χ1) is 14.7. The Bertz CT molecular complexity index is 1170. The SMILES string of the molecule is C[C@H]1Cc2ccccc2N1C(=O)CSc1nnc(-c2ccco2)n1-c1ccccc1. The molecular weight excluding hydrogens is 396 g/mol. The predicted molar refractivity (Wildman–Crippen MR) is 117 cm³/mol. The Labute approximate surface area is 178 Å². The fourth-order valence-corrected chi connectivity index (χ4v) is 4.69. The Hall–Kier alpha value is -3.32. The first kappa shape index (κ1) is 18.7. The van der Waals surface area contributed by atoms with Gasteiger partial charge >= 0.3 is 0 Å². The van der Waals surface area contributed by atoms with E-state index in [1.807, 2.05) is 70.1 Å². The maximum Gasteiger partial charge on any atom is 0.237 e. The molecule has 0 fully saturated rings. The zero-order valence-electron chi connectivity index (χ0n) is 16.4. The molecule has 2 aromatic carbocycles. The minimum absolute atomic E-state index is 0.0691. The van der Waals surface area contributed by atoms with Crippen LogP contribution < -0.4 is 4.90 Å². The van der Waals surface area contributed by atoms with Gasteiger partial charge in [0, 0.05) is 17.4 Å². The van der Waals surface area contributed by atoms with Gasteiger partial charge in [0.2, 0.25) is 11.7 Å². The van der Waals surface area contributed by atoms with Crippen LogP contribution in [0, 0.1) is 0 Å². The van der Waals surface area contributed by atoms with Crippen molar-refractivity contribution in [1.29, 1.82) is 0 Å². The molecule has 150 valence electrons. The van der Waals surface area contributed by atoms with Crippen LogP contribution in [-0.2, 0) is 11.2 Å². The van der Waals surface area contributed by atoms with Gasteiger partial charge in [0.05, 0.1) is 12.0 Å². The van der Waals surface area contributed by atoms with E-state index in [-0.39, 0.29) is 17.7 Å². The Morgan fingerprint density at radius 2 is 1.87 bits per heavy atom. The molecule has 6 nitrogen and oxygen atoms in total. The van der Waals surface area contributed by atoms with Crippen molar-refractivity contribution >= 4 is 23.4 Å². The topological polar surface area (TPSA) is 64.2 Å². The highest BCUT2D eigenvalue weighted by Gasteiger charge is 2.31. The third-order valence-corrected chi connectivity index (χ3v) is 6.10. The van der Waals surface area contributed by atoms with Crippen molar-refractivity contribution in [3.63, 3.8) is 0 Å². The van der Waals surface area contributed by atoms with E-state index >= 15 is 0 Å². The minimum Gasteiger partial charge on any atom is -0.461 e. The molecule has 0 aliphatic carbocycles. The second-order valence-corrected chi connectivity index (χ2v) is 8.13. The predicted octanol–water partition coefficient (Wildman–Crippen LogP) is 4.60. The van der Waals surface area contributed by atoms with Gasteiger partial charge in [-0.05, 0) is 49.2 Å². The van der Waals surface area contributed by atoms with Crippen molar-refractivity contribution in [2.24, 2.45) is 0 Å². The fourth-order valence-electron chi connectivity index (χ4n) is 3.88. The molecule has 5 rings (SSSR count). The van der Waals surface area contributed by atoms with Gasteiger partial charge in [-0.1, -0.05) is 48.2 Å². The van der Waals surface area contributed by atoms with Gasteiger partial charge in [0.15, 0.2) is 10.9 Å². The second-order valence-electron chi connectivity index (χ2n) is 7.19. The average molecular weight is 417 g/mol. The van der Waals surface area contributed by atoms with E-state index in [9.17, 15) is 4.79 Å². The molecule has 0 unspecified atom stereocenters. The molecule has 30 heavy (non-hydrogen) atoms. The first-order valence-electron chi connectivity index (χ1n) is 9.80. The molecule has 0 bridgehead atoms. The summed E-state index contributed by atoms with van der Waals surface area (Å²) in [4.78, 5) is 15.0. The summed E-state index contributed by atoms with van der Waals surface area (Å²) < 4.78 is 7.48. The number of fused-ring (bicyclic) bond motifs is 1. The van der Waals surface area contributed by atoms with Crippen LogP contribution in [-0.4, -0.2) is 32.5 Å². The Morgan fingerprint density at radius 3 is 2.67 bits per heavy atom. The van der Waals surface area contributed by atoms with Crippen molar-refractivity contribution in [1.82, 2.24) is 14.8 Å². The quantitative estimate of drug-likeness (QED) is 0.445. The highest BCUT2D eigenvalue weighted by atomic mass is 32.2. The summed E-state index contributed by atoms with van der Waals surface area (Å²) in [7, 11) is 0. The molecule has 1 aliphatic heterocycles. The average Bonchev–Trinajstić information content (AvgIpc) is 3.50. The third-order valence-electron chi connectivity index (χ3n) is 5.19. The number of thioether (sulfide) groups is 1. The number of aromatic nitrogens is 3. The number of furan rings is 1. The smallest absolute Gasteiger partial charge is 0.237 e. The summed E-state index contributed by atoms with van der Waals surface area (Å²) in [6.45, 7) is 2.09. The number of nitrogens with zero attached hydrogens (tertiary/aromatic N) is 4. The number of anilines is 1. The van der Waals surface area contributed by atoms with Crippen LogP contribution in [0.25, 0.3) is 17.3 Å². The van der Waals surface area contributed by atoms with Crippen molar-refractivity contribution < 1.29 is 9.21 Å². The molecule has 1 atom stereocenters. The van der Waals surface area contributed by atoms with Gasteiger partial charge in [-0.2, -0.15) is 0 Å². The Kier molecular flexibility index (Phi) is 4.88. The number of hydrogen-bond acceptors (Lipinski definition) is 5. The van der Waals surface area contributed by atoms with Crippen LogP contribution in [0.15, 0.2) is 82.6 Å². The molecule has 7 heteroatoms. The molecule has 0 saturated heterocycles. The first-order valence-corrected chi connectivity index (χ1v) is 10.8. The van der Waals surface area contributed by atoms with Crippen LogP contribution in [0.5, 0.6) is 0 Å². The molecule has 0 spiro atoms.